The molecule has 3 heteroatoms. The number of benzene rings is 2. The summed E-state index contributed by atoms with van der Waals surface area (Å²) < 4.78 is 10.6. The first-order valence-corrected chi connectivity index (χ1v) is 6.89. The topological polar surface area (TPSA) is 35.5 Å². The maximum absolute atomic E-state index is 12.4. The molecule has 2 aromatic carbocycles. The third-order valence-electron chi connectivity index (χ3n) is 3.51. The Bertz CT molecular complexity index is 603. The van der Waals surface area contributed by atoms with E-state index in [-0.39, 0.29) is 12.6 Å². The Morgan fingerprint density at radius 1 is 1.05 bits per heavy atom. The van der Waals surface area contributed by atoms with Crippen LogP contribution in [0.15, 0.2) is 54.6 Å². The second-order valence-corrected chi connectivity index (χ2v) is 5.42. The van der Waals surface area contributed by atoms with E-state index in [9.17, 15) is 4.79 Å². The lowest BCUT2D eigenvalue weighted by molar-refractivity contribution is -0.150. The first kappa shape index (κ1) is 15.1. The molecule has 0 heterocycles. The van der Waals surface area contributed by atoms with Crippen LogP contribution < -0.4 is 4.74 Å². The minimum absolute atomic E-state index is 0.250. The van der Waals surface area contributed by atoms with Gasteiger partial charge in [0.05, 0.1) is 12.5 Å². The van der Waals surface area contributed by atoms with Gasteiger partial charge in [0.1, 0.15) is 12.4 Å². The van der Waals surface area contributed by atoms with E-state index in [1.165, 1.54) is 0 Å². The first-order valence-electron chi connectivity index (χ1n) is 6.89. The summed E-state index contributed by atoms with van der Waals surface area (Å²) >= 11 is 0. The summed E-state index contributed by atoms with van der Waals surface area (Å²) in [6.45, 7) is 4.00. The van der Waals surface area contributed by atoms with E-state index >= 15 is 0 Å². The number of hydrogen-bond acceptors (Lipinski definition) is 3. The predicted octanol–water partition coefficient (Wildman–Crippen LogP) is 3.72. The SMILES string of the molecule is COc1cccc(C(C)(C)C(=O)OCc2ccccc2)c1. The lowest BCUT2D eigenvalue weighted by Crippen LogP contribution is -2.31. The zero-order chi connectivity index (χ0) is 15.3. The highest BCUT2D eigenvalue weighted by Crippen LogP contribution is 2.28. The molecule has 0 radical (unpaired) electrons. The number of hydrogen-bond donors (Lipinski definition) is 0. The van der Waals surface area contributed by atoms with Gasteiger partial charge in [-0.05, 0) is 37.1 Å². The monoisotopic (exact) mass is 284 g/mol. The first-order chi connectivity index (χ1) is 10.0. The fraction of sp³-hybridized carbons (Fsp3) is 0.278. The van der Waals surface area contributed by atoms with Crippen LogP contribution in [0.2, 0.25) is 0 Å². The average Bonchev–Trinajstić information content (AvgIpc) is 2.53. The molecule has 2 rings (SSSR count). The van der Waals surface area contributed by atoms with Gasteiger partial charge in [0, 0.05) is 0 Å². The van der Waals surface area contributed by atoms with Crippen molar-refractivity contribution in [2.45, 2.75) is 25.9 Å². The lowest BCUT2D eigenvalue weighted by atomic mass is 9.84. The number of carbonyl (C=O) groups is 1. The van der Waals surface area contributed by atoms with Gasteiger partial charge in [-0.2, -0.15) is 0 Å². The smallest absolute Gasteiger partial charge is 0.316 e. The summed E-state index contributed by atoms with van der Waals surface area (Å²) in [6.07, 6.45) is 0. The number of rotatable bonds is 5. The van der Waals surface area contributed by atoms with E-state index in [4.69, 9.17) is 9.47 Å². The molecule has 0 aliphatic rings. The predicted molar refractivity (Wildman–Crippen MR) is 82.3 cm³/mol. The molecule has 0 N–H and O–H groups in total. The molecular formula is C18H20O3. The van der Waals surface area contributed by atoms with Crippen LogP contribution in [0, 0.1) is 0 Å². The standard InChI is InChI=1S/C18H20O3/c1-18(2,15-10-7-11-16(12-15)20-3)17(19)21-13-14-8-5-4-6-9-14/h4-12H,13H2,1-3H3. The van der Waals surface area contributed by atoms with E-state index in [1.54, 1.807) is 7.11 Å². The molecule has 21 heavy (non-hydrogen) atoms. The molecule has 2 aromatic rings. The van der Waals surface area contributed by atoms with Gasteiger partial charge in [-0.25, -0.2) is 0 Å². The van der Waals surface area contributed by atoms with Crippen molar-refractivity contribution in [3.05, 3.63) is 65.7 Å². The van der Waals surface area contributed by atoms with Crippen molar-refractivity contribution in [2.75, 3.05) is 7.11 Å². The molecule has 0 unspecified atom stereocenters. The molecule has 0 fully saturated rings. The Hall–Kier alpha value is -2.29. The van der Waals surface area contributed by atoms with E-state index in [1.807, 2.05) is 68.4 Å². The molecule has 0 spiro atoms. The van der Waals surface area contributed by atoms with E-state index in [0.717, 1.165) is 16.9 Å². The van der Waals surface area contributed by atoms with Crippen molar-refractivity contribution in [3.8, 4) is 5.75 Å². The third-order valence-corrected chi connectivity index (χ3v) is 3.51. The summed E-state index contributed by atoms with van der Waals surface area (Å²) in [5.41, 5.74) is 1.13. The minimum Gasteiger partial charge on any atom is -0.497 e. The molecule has 110 valence electrons. The van der Waals surface area contributed by atoms with Crippen molar-refractivity contribution in [1.29, 1.82) is 0 Å². The molecule has 0 atom stereocenters. The highest BCUT2D eigenvalue weighted by atomic mass is 16.5. The van der Waals surface area contributed by atoms with Gasteiger partial charge in [0.25, 0.3) is 0 Å². The molecular weight excluding hydrogens is 264 g/mol. The minimum atomic E-state index is -0.719. The highest BCUT2D eigenvalue weighted by molar-refractivity contribution is 5.82. The van der Waals surface area contributed by atoms with E-state index in [2.05, 4.69) is 0 Å². The Labute approximate surface area is 125 Å². The molecule has 0 aromatic heterocycles. The quantitative estimate of drug-likeness (QED) is 0.785. The van der Waals surface area contributed by atoms with Gasteiger partial charge in [0.15, 0.2) is 0 Å². The maximum atomic E-state index is 12.4. The van der Waals surface area contributed by atoms with Crippen molar-refractivity contribution in [2.24, 2.45) is 0 Å². The zero-order valence-electron chi connectivity index (χ0n) is 12.6. The number of esters is 1. The van der Waals surface area contributed by atoms with Crippen molar-refractivity contribution in [1.82, 2.24) is 0 Å². The van der Waals surface area contributed by atoms with Gasteiger partial charge in [0.2, 0.25) is 0 Å². The Morgan fingerprint density at radius 2 is 1.76 bits per heavy atom. The van der Waals surface area contributed by atoms with Crippen LogP contribution in [0.1, 0.15) is 25.0 Å². The maximum Gasteiger partial charge on any atom is 0.316 e. The normalized spacial score (nSPS) is 11.0. The summed E-state index contributed by atoms with van der Waals surface area (Å²) in [7, 11) is 1.61. The molecule has 0 aliphatic carbocycles. The molecule has 0 amide bonds. The van der Waals surface area contributed by atoms with Crippen LogP contribution in [-0.4, -0.2) is 13.1 Å². The van der Waals surface area contributed by atoms with Gasteiger partial charge < -0.3 is 9.47 Å². The molecule has 0 bridgehead atoms. The Morgan fingerprint density at radius 3 is 2.43 bits per heavy atom. The highest BCUT2D eigenvalue weighted by Gasteiger charge is 2.31. The van der Waals surface area contributed by atoms with Gasteiger partial charge in [-0.1, -0.05) is 42.5 Å². The van der Waals surface area contributed by atoms with Crippen LogP contribution in [0.5, 0.6) is 5.75 Å². The van der Waals surface area contributed by atoms with Gasteiger partial charge >= 0.3 is 5.97 Å². The molecule has 3 nitrogen and oxygen atoms in total. The molecule has 0 aliphatic heterocycles. The van der Waals surface area contributed by atoms with Gasteiger partial charge in [-0.15, -0.1) is 0 Å². The van der Waals surface area contributed by atoms with Gasteiger partial charge in [-0.3, -0.25) is 4.79 Å². The van der Waals surface area contributed by atoms with Crippen LogP contribution in [0.25, 0.3) is 0 Å². The van der Waals surface area contributed by atoms with E-state index in [0.29, 0.717) is 0 Å². The van der Waals surface area contributed by atoms with Crippen LogP contribution in [0.3, 0.4) is 0 Å². The lowest BCUT2D eigenvalue weighted by Gasteiger charge is -2.23. The van der Waals surface area contributed by atoms with E-state index < -0.39 is 5.41 Å². The second-order valence-electron chi connectivity index (χ2n) is 5.42. The summed E-state index contributed by atoms with van der Waals surface area (Å²) in [5.74, 6) is 0.482. The third kappa shape index (κ3) is 3.63. The summed E-state index contributed by atoms with van der Waals surface area (Å²) in [6, 6.07) is 17.2. The number of ether oxygens (including phenoxy) is 2. The fourth-order valence-electron chi connectivity index (χ4n) is 2.03. The Kier molecular flexibility index (Phi) is 4.63. The molecule has 0 saturated carbocycles. The largest absolute Gasteiger partial charge is 0.497 e. The zero-order valence-corrected chi connectivity index (χ0v) is 12.6. The summed E-state index contributed by atoms with van der Waals surface area (Å²) in [4.78, 5) is 12.4. The van der Waals surface area contributed by atoms with Crippen molar-refractivity contribution in [3.63, 3.8) is 0 Å². The van der Waals surface area contributed by atoms with Crippen molar-refractivity contribution < 1.29 is 14.3 Å². The Balaban J connectivity index is 2.09. The van der Waals surface area contributed by atoms with Crippen LogP contribution in [-0.2, 0) is 21.6 Å². The number of carbonyl (C=O) groups excluding carboxylic acids is 1. The van der Waals surface area contributed by atoms with Crippen molar-refractivity contribution >= 4 is 5.97 Å². The van der Waals surface area contributed by atoms with Crippen LogP contribution >= 0.6 is 0 Å². The summed E-state index contributed by atoms with van der Waals surface area (Å²) in [5, 5.41) is 0. The molecule has 0 saturated heterocycles. The number of methoxy groups -OCH3 is 1. The van der Waals surface area contributed by atoms with Crippen LogP contribution in [0.4, 0.5) is 0 Å². The second kappa shape index (κ2) is 6.44. The fourth-order valence-corrected chi connectivity index (χ4v) is 2.03. The average molecular weight is 284 g/mol.